The van der Waals surface area contributed by atoms with Crippen molar-refractivity contribution in [1.82, 2.24) is 4.90 Å². The molecule has 2 heterocycles. The molecule has 2 N–H and O–H groups in total. The molecule has 6 heteroatoms. The largest absolute Gasteiger partial charge is 0.326 e. The normalized spacial score (nSPS) is 13.8. The molecule has 0 atom stereocenters. The van der Waals surface area contributed by atoms with E-state index in [2.05, 4.69) is 10.6 Å². The van der Waals surface area contributed by atoms with Crippen LogP contribution in [0.5, 0.6) is 0 Å². The van der Waals surface area contributed by atoms with E-state index in [0.29, 0.717) is 17.8 Å². The van der Waals surface area contributed by atoms with Gasteiger partial charge in [-0.05, 0) is 42.5 Å². The van der Waals surface area contributed by atoms with Gasteiger partial charge in [-0.2, -0.15) is 0 Å². The van der Waals surface area contributed by atoms with Crippen LogP contribution in [0.3, 0.4) is 0 Å². The second-order valence-corrected chi connectivity index (χ2v) is 6.54. The summed E-state index contributed by atoms with van der Waals surface area (Å²) in [5.41, 5.74) is 1.38. The summed E-state index contributed by atoms with van der Waals surface area (Å²) >= 11 is 1.56. The van der Waals surface area contributed by atoms with Crippen LogP contribution in [-0.2, 0) is 11.2 Å². The van der Waals surface area contributed by atoms with Gasteiger partial charge in [0.2, 0.25) is 5.91 Å². The van der Waals surface area contributed by atoms with Crippen molar-refractivity contribution >= 4 is 34.6 Å². The fraction of sp³-hybridized carbons (Fsp3) is 0.294. The number of urea groups is 1. The van der Waals surface area contributed by atoms with E-state index in [4.69, 9.17) is 0 Å². The predicted molar refractivity (Wildman–Crippen MR) is 92.9 cm³/mol. The number of carbonyl (C=O) groups excluding carboxylic acids is 2. The van der Waals surface area contributed by atoms with Crippen LogP contribution in [0.15, 0.2) is 41.8 Å². The lowest BCUT2D eigenvalue weighted by Gasteiger charge is -2.16. The molecule has 3 amide bonds. The molecule has 2 aromatic rings. The predicted octanol–water partition coefficient (Wildman–Crippen LogP) is 3.56. The van der Waals surface area contributed by atoms with Crippen LogP contribution in [-0.4, -0.2) is 29.9 Å². The Hall–Kier alpha value is -2.34. The molecule has 0 bridgehead atoms. The lowest BCUT2D eigenvalue weighted by atomic mass is 10.2. The van der Waals surface area contributed by atoms with Gasteiger partial charge in [-0.25, -0.2) is 4.79 Å². The number of anilines is 2. The maximum Gasteiger partial charge on any atom is 0.321 e. The lowest BCUT2D eigenvalue weighted by Crippen LogP contribution is -2.32. The Morgan fingerprint density at radius 3 is 2.48 bits per heavy atom. The number of rotatable bonds is 4. The zero-order chi connectivity index (χ0) is 16.1. The summed E-state index contributed by atoms with van der Waals surface area (Å²) < 4.78 is 0. The van der Waals surface area contributed by atoms with Gasteiger partial charge in [-0.1, -0.05) is 12.1 Å². The van der Waals surface area contributed by atoms with E-state index < -0.39 is 0 Å². The van der Waals surface area contributed by atoms with E-state index in [0.717, 1.165) is 30.8 Å². The first-order valence-corrected chi connectivity index (χ1v) is 8.57. The standard InChI is InChI=1S/C17H19N3O2S/c21-16(12-15-7-4-10-23-15)18-13-5-3-6-14(11-13)19-17(22)20-8-1-2-9-20/h3-7,10-11H,1-2,8-9,12H2,(H,18,21)(H,19,22). The van der Waals surface area contributed by atoms with E-state index in [1.165, 1.54) is 0 Å². The van der Waals surface area contributed by atoms with E-state index in [1.807, 2.05) is 40.6 Å². The summed E-state index contributed by atoms with van der Waals surface area (Å²) in [7, 11) is 0. The Morgan fingerprint density at radius 2 is 1.78 bits per heavy atom. The second kappa shape index (κ2) is 7.28. The Labute approximate surface area is 139 Å². The Kier molecular flexibility index (Phi) is 4.92. The summed E-state index contributed by atoms with van der Waals surface area (Å²) in [5, 5.41) is 7.70. The molecule has 1 saturated heterocycles. The lowest BCUT2D eigenvalue weighted by molar-refractivity contribution is -0.115. The molecule has 1 aliphatic heterocycles. The fourth-order valence-electron chi connectivity index (χ4n) is 2.57. The van der Waals surface area contributed by atoms with Crippen molar-refractivity contribution in [2.24, 2.45) is 0 Å². The molecular weight excluding hydrogens is 310 g/mol. The zero-order valence-electron chi connectivity index (χ0n) is 12.7. The number of hydrogen-bond acceptors (Lipinski definition) is 3. The third-order valence-electron chi connectivity index (χ3n) is 3.71. The van der Waals surface area contributed by atoms with E-state index in [-0.39, 0.29) is 11.9 Å². The first-order valence-electron chi connectivity index (χ1n) is 7.69. The first kappa shape index (κ1) is 15.6. The van der Waals surface area contributed by atoms with Crippen LogP contribution < -0.4 is 10.6 Å². The highest BCUT2D eigenvalue weighted by Gasteiger charge is 2.17. The summed E-state index contributed by atoms with van der Waals surface area (Å²) in [5.74, 6) is -0.0598. The smallest absolute Gasteiger partial charge is 0.321 e. The molecule has 1 aliphatic rings. The van der Waals surface area contributed by atoms with Crippen LogP contribution in [0.4, 0.5) is 16.2 Å². The minimum absolute atomic E-state index is 0.0598. The third-order valence-corrected chi connectivity index (χ3v) is 4.58. The van der Waals surface area contributed by atoms with Crippen molar-refractivity contribution in [3.05, 3.63) is 46.7 Å². The van der Waals surface area contributed by atoms with Crippen LogP contribution >= 0.6 is 11.3 Å². The van der Waals surface area contributed by atoms with Crippen molar-refractivity contribution in [2.75, 3.05) is 23.7 Å². The fourth-order valence-corrected chi connectivity index (χ4v) is 3.28. The summed E-state index contributed by atoms with van der Waals surface area (Å²) in [6.07, 6.45) is 2.49. The molecular formula is C17H19N3O2S. The van der Waals surface area contributed by atoms with Crippen LogP contribution in [0, 0.1) is 0 Å². The Morgan fingerprint density at radius 1 is 1.04 bits per heavy atom. The van der Waals surface area contributed by atoms with Gasteiger partial charge in [-0.15, -0.1) is 11.3 Å². The Bertz CT molecular complexity index is 679. The number of nitrogens with one attached hydrogen (secondary N) is 2. The minimum atomic E-state index is -0.0791. The SMILES string of the molecule is O=C(Cc1cccs1)Nc1cccc(NC(=O)N2CCCC2)c1. The van der Waals surface area contributed by atoms with Crippen LogP contribution in [0.1, 0.15) is 17.7 Å². The Balaban J connectivity index is 1.58. The number of benzene rings is 1. The third kappa shape index (κ3) is 4.32. The summed E-state index contributed by atoms with van der Waals surface area (Å²) in [6.45, 7) is 1.62. The van der Waals surface area contributed by atoms with Crippen LogP contribution in [0.25, 0.3) is 0 Å². The van der Waals surface area contributed by atoms with Crippen molar-refractivity contribution in [3.8, 4) is 0 Å². The van der Waals surface area contributed by atoms with Gasteiger partial charge in [0, 0.05) is 29.3 Å². The highest BCUT2D eigenvalue weighted by atomic mass is 32.1. The maximum absolute atomic E-state index is 12.1. The maximum atomic E-state index is 12.1. The number of amides is 3. The zero-order valence-corrected chi connectivity index (χ0v) is 13.6. The van der Waals surface area contributed by atoms with Crippen molar-refractivity contribution in [1.29, 1.82) is 0 Å². The number of hydrogen-bond donors (Lipinski definition) is 2. The number of thiophene rings is 1. The number of carbonyl (C=O) groups is 2. The molecule has 1 aromatic carbocycles. The number of likely N-dealkylation sites (tertiary alicyclic amines) is 1. The van der Waals surface area contributed by atoms with Gasteiger partial charge >= 0.3 is 6.03 Å². The van der Waals surface area contributed by atoms with Crippen molar-refractivity contribution in [3.63, 3.8) is 0 Å². The summed E-state index contributed by atoms with van der Waals surface area (Å²) in [6, 6.07) is 11.0. The van der Waals surface area contributed by atoms with E-state index in [1.54, 1.807) is 17.4 Å². The molecule has 0 spiro atoms. The quantitative estimate of drug-likeness (QED) is 0.901. The highest BCUT2D eigenvalue weighted by Crippen LogP contribution is 2.18. The van der Waals surface area contributed by atoms with Gasteiger partial charge in [0.1, 0.15) is 0 Å². The summed E-state index contributed by atoms with van der Waals surface area (Å²) in [4.78, 5) is 26.9. The van der Waals surface area contributed by atoms with E-state index >= 15 is 0 Å². The van der Waals surface area contributed by atoms with Crippen molar-refractivity contribution < 1.29 is 9.59 Å². The van der Waals surface area contributed by atoms with Gasteiger partial charge in [0.25, 0.3) is 0 Å². The molecule has 0 aliphatic carbocycles. The monoisotopic (exact) mass is 329 g/mol. The van der Waals surface area contributed by atoms with Gasteiger partial charge in [0.05, 0.1) is 6.42 Å². The molecule has 0 radical (unpaired) electrons. The molecule has 0 unspecified atom stereocenters. The van der Waals surface area contributed by atoms with Crippen molar-refractivity contribution in [2.45, 2.75) is 19.3 Å². The highest BCUT2D eigenvalue weighted by molar-refractivity contribution is 7.10. The number of nitrogens with zero attached hydrogens (tertiary/aromatic N) is 1. The molecule has 1 aromatic heterocycles. The van der Waals surface area contributed by atoms with Crippen LogP contribution in [0.2, 0.25) is 0 Å². The van der Waals surface area contributed by atoms with Gasteiger partial charge in [-0.3, -0.25) is 4.79 Å². The molecule has 3 rings (SSSR count). The van der Waals surface area contributed by atoms with Gasteiger partial charge < -0.3 is 15.5 Å². The average molecular weight is 329 g/mol. The first-order chi connectivity index (χ1) is 11.2. The molecule has 120 valence electrons. The molecule has 1 fully saturated rings. The minimum Gasteiger partial charge on any atom is -0.326 e. The average Bonchev–Trinajstić information content (AvgIpc) is 3.20. The molecule has 5 nitrogen and oxygen atoms in total. The molecule has 23 heavy (non-hydrogen) atoms. The second-order valence-electron chi connectivity index (χ2n) is 5.51. The molecule has 0 saturated carbocycles. The van der Waals surface area contributed by atoms with Gasteiger partial charge in [0.15, 0.2) is 0 Å². The van der Waals surface area contributed by atoms with E-state index in [9.17, 15) is 9.59 Å². The topological polar surface area (TPSA) is 61.4 Å².